The minimum absolute atomic E-state index is 0.0793. The van der Waals surface area contributed by atoms with Crippen LogP contribution in [0.25, 0.3) is 0 Å². The van der Waals surface area contributed by atoms with Gasteiger partial charge in [0.25, 0.3) is 0 Å². The van der Waals surface area contributed by atoms with E-state index in [1.165, 1.54) is 0 Å². The van der Waals surface area contributed by atoms with Gasteiger partial charge in [-0.25, -0.2) is 0 Å². The van der Waals surface area contributed by atoms with Crippen LogP contribution in [0, 0.1) is 5.92 Å². The summed E-state index contributed by atoms with van der Waals surface area (Å²) in [6.07, 6.45) is 0. The van der Waals surface area contributed by atoms with Gasteiger partial charge in [0.2, 0.25) is 5.91 Å². The van der Waals surface area contributed by atoms with E-state index in [-0.39, 0.29) is 5.91 Å². The van der Waals surface area contributed by atoms with Crippen LogP contribution in [0.5, 0.6) is 0 Å². The first-order chi connectivity index (χ1) is 8.08. The summed E-state index contributed by atoms with van der Waals surface area (Å²) < 4.78 is 0. The predicted molar refractivity (Wildman–Crippen MR) is 75.5 cm³/mol. The maximum absolute atomic E-state index is 11.5. The summed E-state index contributed by atoms with van der Waals surface area (Å²) in [5.41, 5.74) is 1.03. The van der Waals surface area contributed by atoms with Crippen LogP contribution in [0.4, 0.5) is 0 Å². The van der Waals surface area contributed by atoms with Gasteiger partial charge in [-0.3, -0.25) is 4.79 Å². The molecule has 0 aliphatic rings. The number of amides is 1. The Balaban J connectivity index is 2.24. The minimum atomic E-state index is 0.0793. The Morgan fingerprint density at radius 2 is 2.24 bits per heavy atom. The van der Waals surface area contributed by atoms with E-state index in [4.69, 9.17) is 11.6 Å². The van der Waals surface area contributed by atoms with Crippen molar-refractivity contribution in [3.63, 3.8) is 0 Å². The van der Waals surface area contributed by atoms with Crippen LogP contribution < -0.4 is 5.32 Å². The van der Waals surface area contributed by atoms with E-state index >= 15 is 0 Å². The fourth-order valence-corrected chi connectivity index (χ4v) is 2.38. The van der Waals surface area contributed by atoms with Gasteiger partial charge >= 0.3 is 0 Å². The Morgan fingerprint density at radius 3 is 2.88 bits per heavy atom. The summed E-state index contributed by atoms with van der Waals surface area (Å²) in [5.74, 6) is 2.25. The first kappa shape index (κ1) is 14.4. The van der Waals surface area contributed by atoms with Crippen LogP contribution in [0.1, 0.15) is 19.4 Å². The molecular formula is C13H18ClNOS. The molecule has 0 saturated heterocycles. The van der Waals surface area contributed by atoms with Gasteiger partial charge in [0.1, 0.15) is 0 Å². The normalized spacial score (nSPS) is 10.6. The maximum atomic E-state index is 11.5. The van der Waals surface area contributed by atoms with Crippen molar-refractivity contribution in [1.82, 2.24) is 5.32 Å². The largest absolute Gasteiger partial charge is 0.351 e. The van der Waals surface area contributed by atoms with Crippen molar-refractivity contribution in [2.24, 2.45) is 5.92 Å². The highest BCUT2D eigenvalue weighted by Gasteiger charge is 2.03. The van der Waals surface area contributed by atoms with Crippen LogP contribution in [0.15, 0.2) is 24.3 Å². The van der Waals surface area contributed by atoms with Crippen molar-refractivity contribution in [2.45, 2.75) is 20.4 Å². The molecule has 1 N–H and O–H groups in total. The van der Waals surface area contributed by atoms with E-state index in [0.717, 1.165) is 11.3 Å². The fourth-order valence-electron chi connectivity index (χ4n) is 1.29. The molecule has 17 heavy (non-hydrogen) atoms. The van der Waals surface area contributed by atoms with Gasteiger partial charge in [-0.1, -0.05) is 37.6 Å². The smallest absolute Gasteiger partial charge is 0.230 e. The van der Waals surface area contributed by atoms with Gasteiger partial charge in [0.15, 0.2) is 0 Å². The number of nitrogens with one attached hydrogen (secondary N) is 1. The lowest BCUT2D eigenvalue weighted by Crippen LogP contribution is -2.24. The van der Waals surface area contributed by atoms with Gasteiger partial charge in [-0.15, -0.1) is 0 Å². The molecule has 2 nitrogen and oxygen atoms in total. The second-order valence-corrected chi connectivity index (χ2v) is 5.78. The number of thioether (sulfide) groups is 1. The number of carbonyl (C=O) groups excluding carboxylic acids is 1. The quantitative estimate of drug-likeness (QED) is 0.860. The molecule has 0 aliphatic carbocycles. The molecule has 0 unspecified atom stereocenters. The van der Waals surface area contributed by atoms with E-state index in [1.54, 1.807) is 11.8 Å². The lowest BCUT2D eigenvalue weighted by atomic mass is 10.2. The average Bonchev–Trinajstić information content (AvgIpc) is 2.26. The summed E-state index contributed by atoms with van der Waals surface area (Å²) in [5, 5.41) is 3.58. The Bertz CT molecular complexity index is 368. The molecule has 4 heteroatoms. The molecule has 0 atom stereocenters. The zero-order chi connectivity index (χ0) is 12.7. The van der Waals surface area contributed by atoms with E-state index in [1.807, 2.05) is 24.3 Å². The van der Waals surface area contributed by atoms with Crippen LogP contribution in [0.3, 0.4) is 0 Å². The maximum Gasteiger partial charge on any atom is 0.230 e. The second-order valence-electron chi connectivity index (χ2n) is 4.32. The third-order valence-corrected chi connectivity index (χ3v) is 3.67. The van der Waals surface area contributed by atoms with E-state index in [9.17, 15) is 4.79 Å². The van der Waals surface area contributed by atoms with Crippen LogP contribution in [-0.2, 0) is 11.3 Å². The summed E-state index contributed by atoms with van der Waals surface area (Å²) in [7, 11) is 0. The number of hydrogen-bond acceptors (Lipinski definition) is 2. The molecule has 94 valence electrons. The highest BCUT2D eigenvalue weighted by molar-refractivity contribution is 7.99. The van der Waals surface area contributed by atoms with E-state index in [2.05, 4.69) is 19.2 Å². The predicted octanol–water partition coefficient (Wildman–Crippen LogP) is 3.35. The molecule has 0 radical (unpaired) electrons. The number of hydrogen-bond donors (Lipinski definition) is 1. The van der Waals surface area contributed by atoms with Crippen molar-refractivity contribution in [3.8, 4) is 0 Å². The highest BCUT2D eigenvalue weighted by atomic mass is 35.5. The lowest BCUT2D eigenvalue weighted by molar-refractivity contribution is -0.118. The van der Waals surface area contributed by atoms with Crippen molar-refractivity contribution in [3.05, 3.63) is 34.9 Å². The molecule has 1 aromatic carbocycles. The van der Waals surface area contributed by atoms with Gasteiger partial charge < -0.3 is 5.32 Å². The molecule has 0 fully saturated rings. The van der Waals surface area contributed by atoms with E-state index < -0.39 is 0 Å². The standard InChI is InChI=1S/C13H18ClNOS/c1-10(2)8-17-9-13(16)15-7-11-4-3-5-12(14)6-11/h3-6,10H,7-9H2,1-2H3,(H,15,16). The zero-order valence-electron chi connectivity index (χ0n) is 10.2. The van der Waals surface area contributed by atoms with Crippen LogP contribution in [-0.4, -0.2) is 17.4 Å². The Labute approximate surface area is 112 Å². The van der Waals surface area contributed by atoms with Gasteiger partial charge in [0, 0.05) is 11.6 Å². The summed E-state index contributed by atoms with van der Waals surface area (Å²) in [4.78, 5) is 11.5. The molecule has 0 bridgehead atoms. The molecule has 0 spiro atoms. The average molecular weight is 272 g/mol. The summed E-state index contributed by atoms with van der Waals surface area (Å²) in [6.45, 7) is 4.84. The topological polar surface area (TPSA) is 29.1 Å². The summed E-state index contributed by atoms with van der Waals surface area (Å²) in [6, 6.07) is 7.53. The number of benzene rings is 1. The molecule has 1 aromatic rings. The van der Waals surface area contributed by atoms with Gasteiger partial charge in [0.05, 0.1) is 5.75 Å². The van der Waals surface area contributed by atoms with Crippen LogP contribution >= 0.6 is 23.4 Å². The van der Waals surface area contributed by atoms with Crippen molar-refractivity contribution >= 4 is 29.3 Å². The third-order valence-electron chi connectivity index (χ3n) is 2.06. The number of carbonyl (C=O) groups is 1. The van der Waals surface area contributed by atoms with E-state index in [0.29, 0.717) is 23.2 Å². The molecule has 0 saturated carbocycles. The lowest BCUT2D eigenvalue weighted by Gasteiger charge is -2.06. The second kappa shape index (κ2) is 7.62. The SMILES string of the molecule is CC(C)CSCC(=O)NCc1cccc(Cl)c1. The zero-order valence-corrected chi connectivity index (χ0v) is 11.8. The molecule has 0 heterocycles. The molecule has 1 amide bonds. The van der Waals surface area contributed by atoms with Gasteiger partial charge in [-0.2, -0.15) is 11.8 Å². The highest BCUT2D eigenvalue weighted by Crippen LogP contribution is 2.10. The Kier molecular flexibility index (Phi) is 6.45. The molecule has 0 aliphatic heterocycles. The van der Waals surface area contributed by atoms with Crippen LogP contribution in [0.2, 0.25) is 5.02 Å². The molecule has 0 aromatic heterocycles. The fraction of sp³-hybridized carbons (Fsp3) is 0.462. The van der Waals surface area contributed by atoms with Gasteiger partial charge in [-0.05, 0) is 29.4 Å². The molecular weight excluding hydrogens is 254 g/mol. The minimum Gasteiger partial charge on any atom is -0.351 e. The van der Waals surface area contributed by atoms with Crippen molar-refractivity contribution in [2.75, 3.05) is 11.5 Å². The number of halogens is 1. The third kappa shape index (κ3) is 6.59. The van der Waals surface area contributed by atoms with Crippen molar-refractivity contribution in [1.29, 1.82) is 0 Å². The first-order valence-corrected chi connectivity index (χ1v) is 7.20. The summed E-state index contributed by atoms with van der Waals surface area (Å²) >= 11 is 7.53. The Morgan fingerprint density at radius 1 is 1.47 bits per heavy atom. The molecule has 1 rings (SSSR count). The monoisotopic (exact) mass is 271 g/mol. The Hall–Kier alpha value is -0.670. The first-order valence-electron chi connectivity index (χ1n) is 5.67. The number of rotatable bonds is 6. The van der Waals surface area contributed by atoms with Crippen molar-refractivity contribution < 1.29 is 4.79 Å².